The molecule has 0 fully saturated rings. The second-order valence-electron chi connectivity index (χ2n) is 2.76. The number of halogens is 1. The predicted octanol–water partition coefficient (Wildman–Crippen LogP) is 1.89. The van der Waals surface area contributed by atoms with Gasteiger partial charge in [0.25, 0.3) is 0 Å². The quantitative estimate of drug-likeness (QED) is 0.728. The summed E-state index contributed by atoms with van der Waals surface area (Å²) in [5, 5.41) is 0.545. The molecule has 1 aromatic rings. The first-order valence-corrected chi connectivity index (χ1v) is 4.30. The monoisotopic (exact) mass is 197 g/mol. The molecule has 4 heteroatoms. The maximum atomic E-state index is 5.83. The van der Waals surface area contributed by atoms with Crippen molar-refractivity contribution in [3.05, 3.63) is 35.5 Å². The summed E-state index contributed by atoms with van der Waals surface area (Å²) in [6.45, 7) is 3.60. The van der Waals surface area contributed by atoms with Crippen molar-refractivity contribution < 1.29 is 0 Å². The van der Waals surface area contributed by atoms with Gasteiger partial charge in [0.15, 0.2) is 0 Å². The Morgan fingerprint density at radius 3 is 3.00 bits per heavy atom. The van der Waals surface area contributed by atoms with Crippen LogP contribution in [0.3, 0.4) is 0 Å². The molecule has 0 aliphatic carbocycles. The summed E-state index contributed by atoms with van der Waals surface area (Å²) in [7, 11) is 0. The molecular weight excluding hydrogens is 186 g/mol. The molecule has 1 aromatic heterocycles. The summed E-state index contributed by atoms with van der Waals surface area (Å²) in [4.78, 5) is 3.91. The Hall–Kier alpha value is -1.06. The van der Waals surface area contributed by atoms with E-state index in [1.54, 1.807) is 12.1 Å². The van der Waals surface area contributed by atoms with Crippen molar-refractivity contribution in [2.45, 2.75) is 12.5 Å². The average molecular weight is 198 g/mol. The van der Waals surface area contributed by atoms with E-state index in [4.69, 9.17) is 23.1 Å². The van der Waals surface area contributed by atoms with Crippen LogP contribution in [0.2, 0.25) is 5.02 Å². The fourth-order valence-corrected chi connectivity index (χ4v) is 1.24. The molecule has 0 aliphatic heterocycles. The van der Waals surface area contributed by atoms with E-state index in [0.717, 1.165) is 5.56 Å². The van der Waals surface area contributed by atoms with E-state index in [1.165, 1.54) is 6.20 Å². The second-order valence-corrected chi connectivity index (χ2v) is 3.20. The van der Waals surface area contributed by atoms with Gasteiger partial charge < -0.3 is 11.5 Å². The normalized spacial score (nSPS) is 12.5. The Balaban J connectivity index is 2.97. The van der Waals surface area contributed by atoms with E-state index in [2.05, 4.69) is 11.6 Å². The lowest BCUT2D eigenvalue weighted by Crippen LogP contribution is -2.12. The van der Waals surface area contributed by atoms with Crippen LogP contribution in [0.1, 0.15) is 18.0 Å². The van der Waals surface area contributed by atoms with Gasteiger partial charge in [0.05, 0.1) is 5.02 Å². The molecule has 0 bridgehead atoms. The van der Waals surface area contributed by atoms with Gasteiger partial charge in [-0.2, -0.15) is 0 Å². The highest BCUT2D eigenvalue weighted by atomic mass is 35.5. The molecule has 0 unspecified atom stereocenters. The second kappa shape index (κ2) is 4.25. The molecule has 4 N–H and O–H groups in total. The number of pyridine rings is 1. The van der Waals surface area contributed by atoms with E-state index in [1.807, 2.05) is 0 Å². The third-order valence-corrected chi connectivity index (χ3v) is 1.94. The minimum absolute atomic E-state index is 0.177. The van der Waals surface area contributed by atoms with Crippen LogP contribution in [0.15, 0.2) is 24.9 Å². The first-order chi connectivity index (χ1) is 6.15. The maximum Gasteiger partial charge on any atom is 0.128 e. The molecule has 1 heterocycles. The van der Waals surface area contributed by atoms with Crippen molar-refractivity contribution in [2.24, 2.45) is 5.73 Å². The van der Waals surface area contributed by atoms with Gasteiger partial charge in [-0.05, 0) is 12.5 Å². The lowest BCUT2D eigenvalue weighted by molar-refractivity contribution is 0.741. The van der Waals surface area contributed by atoms with E-state index >= 15 is 0 Å². The van der Waals surface area contributed by atoms with Crippen LogP contribution >= 0.6 is 11.6 Å². The Morgan fingerprint density at radius 2 is 2.38 bits per heavy atom. The zero-order chi connectivity index (χ0) is 9.84. The van der Waals surface area contributed by atoms with Crippen molar-refractivity contribution in [1.82, 2.24) is 4.98 Å². The lowest BCUT2D eigenvalue weighted by atomic mass is 10.1. The lowest BCUT2D eigenvalue weighted by Gasteiger charge is -2.11. The molecule has 70 valence electrons. The van der Waals surface area contributed by atoms with Gasteiger partial charge in [0, 0.05) is 17.8 Å². The van der Waals surface area contributed by atoms with Crippen LogP contribution < -0.4 is 11.5 Å². The minimum Gasteiger partial charge on any atom is -0.383 e. The van der Waals surface area contributed by atoms with Crippen LogP contribution in [-0.2, 0) is 0 Å². The predicted molar refractivity (Wildman–Crippen MR) is 55.4 cm³/mol. The number of rotatable bonds is 3. The van der Waals surface area contributed by atoms with Crippen LogP contribution in [0.4, 0.5) is 5.82 Å². The van der Waals surface area contributed by atoms with Gasteiger partial charge in [0.1, 0.15) is 5.82 Å². The smallest absolute Gasteiger partial charge is 0.128 e. The number of nitrogens with two attached hydrogens (primary N) is 2. The Morgan fingerprint density at radius 1 is 1.69 bits per heavy atom. The Bertz CT molecular complexity index is 312. The third-order valence-electron chi connectivity index (χ3n) is 1.74. The van der Waals surface area contributed by atoms with E-state index in [9.17, 15) is 0 Å². The van der Waals surface area contributed by atoms with E-state index < -0.39 is 0 Å². The zero-order valence-electron chi connectivity index (χ0n) is 7.20. The average Bonchev–Trinajstić information content (AvgIpc) is 2.09. The fourth-order valence-electron chi connectivity index (χ4n) is 1.07. The van der Waals surface area contributed by atoms with E-state index in [-0.39, 0.29) is 6.04 Å². The summed E-state index contributed by atoms with van der Waals surface area (Å²) in [6.07, 6.45) is 3.90. The standard InChI is InChI=1S/C9H12ClN3/c1-2-3-8(11)7-4-6(10)5-13-9(7)12/h2,4-5,8H,1,3,11H2,(H2,12,13)/t8-/m1/s1. The number of aromatic nitrogens is 1. The highest BCUT2D eigenvalue weighted by Crippen LogP contribution is 2.22. The zero-order valence-corrected chi connectivity index (χ0v) is 7.96. The molecule has 13 heavy (non-hydrogen) atoms. The third kappa shape index (κ3) is 2.44. The molecule has 0 amide bonds. The molecule has 1 atom stereocenters. The number of hydrogen-bond acceptors (Lipinski definition) is 3. The summed E-state index contributed by atoms with van der Waals surface area (Å²) in [6, 6.07) is 1.56. The number of nitrogens with zero attached hydrogens (tertiary/aromatic N) is 1. The van der Waals surface area contributed by atoms with Crippen LogP contribution in [0, 0.1) is 0 Å². The SMILES string of the molecule is C=CC[C@@H](N)c1cc(Cl)cnc1N. The van der Waals surface area contributed by atoms with Crippen molar-refractivity contribution in [1.29, 1.82) is 0 Å². The first kappa shape index (κ1) is 10.0. The summed E-state index contributed by atoms with van der Waals surface area (Å²) >= 11 is 5.76. The number of anilines is 1. The minimum atomic E-state index is -0.177. The van der Waals surface area contributed by atoms with Crippen LogP contribution in [-0.4, -0.2) is 4.98 Å². The molecular formula is C9H12ClN3. The molecule has 0 saturated carbocycles. The molecule has 0 aliphatic rings. The summed E-state index contributed by atoms with van der Waals surface area (Å²) in [5.41, 5.74) is 12.2. The largest absolute Gasteiger partial charge is 0.383 e. The van der Waals surface area contributed by atoms with Crippen LogP contribution in [0.25, 0.3) is 0 Å². The summed E-state index contributed by atoms with van der Waals surface area (Å²) < 4.78 is 0. The molecule has 0 aromatic carbocycles. The van der Waals surface area contributed by atoms with Crippen molar-refractivity contribution in [3.8, 4) is 0 Å². The van der Waals surface area contributed by atoms with Crippen molar-refractivity contribution in [2.75, 3.05) is 5.73 Å². The van der Waals surface area contributed by atoms with Crippen LogP contribution in [0.5, 0.6) is 0 Å². The maximum absolute atomic E-state index is 5.83. The van der Waals surface area contributed by atoms with Gasteiger partial charge in [-0.1, -0.05) is 17.7 Å². The van der Waals surface area contributed by atoms with Crippen molar-refractivity contribution in [3.63, 3.8) is 0 Å². The van der Waals surface area contributed by atoms with Gasteiger partial charge in [0.2, 0.25) is 0 Å². The van der Waals surface area contributed by atoms with E-state index in [0.29, 0.717) is 17.3 Å². The highest BCUT2D eigenvalue weighted by Gasteiger charge is 2.09. The highest BCUT2D eigenvalue weighted by molar-refractivity contribution is 6.30. The Kier molecular flexibility index (Phi) is 3.28. The van der Waals surface area contributed by atoms with Gasteiger partial charge in [-0.25, -0.2) is 4.98 Å². The van der Waals surface area contributed by atoms with Crippen molar-refractivity contribution >= 4 is 17.4 Å². The number of hydrogen-bond donors (Lipinski definition) is 2. The molecule has 0 saturated heterocycles. The molecule has 0 radical (unpaired) electrons. The molecule has 1 rings (SSSR count). The fraction of sp³-hybridized carbons (Fsp3) is 0.222. The molecule has 3 nitrogen and oxygen atoms in total. The molecule has 0 spiro atoms. The first-order valence-electron chi connectivity index (χ1n) is 3.92. The van der Waals surface area contributed by atoms with Gasteiger partial charge >= 0.3 is 0 Å². The topological polar surface area (TPSA) is 64.9 Å². The van der Waals surface area contributed by atoms with Gasteiger partial charge in [-0.15, -0.1) is 6.58 Å². The number of nitrogen functional groups attached to an aromatic ring is 1. The summed E-state index contributed by atoms with van der Waals surface area (Å²) in [5.74, 6) is 0.429. The van der Waals surface area contributed by atoms with Gasteiger partial charge in [-0.3, -0.25) is 0 Å². The Labute approximate surface area is 82.4 Å².